The molecule has 0 spiro atoms. The van der Waals surface area contributed by atoms with Crippen molar-refractivity contribution in [2.24, 2.45) is 10.2 Å². The van der Waals surface area contributed by atoms with Gasteiger partial charge in [0, 0.05) is 9.86 Å². The topological polar surface area (TPSA) is 77.8 Å². The van der Waals surface area contributed by atoms with Crippen molar-refractivity contribution in [2.45, 2.75) is 5.92 Å². The number of fused-ring (bicyclic) bond motifs is 1. The molecule has 6 heteroatoms. The van der Waals surface area contributed by atoms with Gasteiger partial charge in [-0.2, -0.15) is 0 Å². The van der Waals surface area contributed by atoms with Crippen molar-refractivity contribution >= 4 is 38.4 Å². The fourth-order valence-corrected chi connectivity index (χ4v) is 3.52. The third-order valence-electron chi connectivity index (χ3n) is 4.48. The average molecular weight is 434 g/mol. The van der Waals surface area contributed by atoms with Crippen molar-refractivity contribution in [3.8, 4) is 5.88 Å². The van der Waals surface area contributed by atoms with Gasteiger partial charge in [0.15, 0.2) is 5.69 Å². The molecule has 1 aromatic heterocycles. The summed E-state index contributed by atoms with van der Waals surface area (Å²) >= 11 is 3.41. The second kappa shape index (κ2) is 7.78. The first kappa shape index (κ1) is 18.1. The van der Waals surface area contributed by atoms with Crippen LogP contribution < -0.4 is 0 Å². The zero-order valence-electron chi connectivity index (χ0n) is 14.7. The van der Waals surface area contributed by atoms with Crippen molar-refractivity contribution in [3.05, 3.63) is 94.5 Å². The van der Waals surface area contributed by atoms with Crippen molar-refractivity contribution in [1.82, 2.24) is 4.98 Å². The maximum Gasteiger partial charge on any atom is 0.276 e. The van der Waals surface area contributed by atoms with Crippen molar-refractivity contribution < 1.29 is 9.90 Å². The molecule has 0 saturated heterocycles. The summed E-state index contributed by atoms with van der Waals surface area (Å²) in [6, 6.07) is 24.4. The lowest BCUT2D eigenvalue weighted by Crippen LogP contribution is -2.11. The number of hydrogen-bond acceptors (Lipinski definition) is 3. The molecule has 138 valence electrons. The summed E-state index contributed by atoms with van der Waals surface area (Å²) < 4.78 is 0.841. The first-order chi connectivity index (χ1) is 13.6. The molecule has 28 heavy (non-hydrogen) atoms. The second-order valence-electron chi connectivity index (χ2n) is 6.30. The number of aromatic amines is 1. The Morgan fingerprint density at radius 3 is 2.14 bits per heavy atom. The second-order valence-corrected chi connectivity index (χ2v) is 7.22. The predicted molar refractivity (Wildman–Crippen MR) is 112 cm³/mol. The summed E-state index contributed by atoms with van der Waals surface area (Å²) in [6.07, 6.45) is 0. The highest BCUT2D eigenvalue weighted by Crippen LogP contribution is 2.37. The Morgan fingerprint density at radius 1 is 0.929 bits per heavy atom. The number of azo groups is 1. The van der Waals surface area contributed by atoms with E-state index in [9.17, 15) is 9.90 Å². The fourth-order valence-electron chi connectivity index (χ4n) is 3.16. The molecule has 0 aliphatic heterocycles. The Labute approximate surface area is 169 Å². The molecule has 4 rings (SSSR count). The summed E-state index contributed by atoms with van der Waals surface area (Å²) in [5, 5.41) is 18.9. The summed E-state index contributed by atoms with van der Waals surface area (Å²) in [4.78, 5) is 15.8. The minimum Gasteiger partial charge on any atom is -0.493 e. The van der Waals surface area contributed by atoms with E-state index in [0.29, 0.717) is 10.9 Å². The van der Waals surface area contributed by atoms with E-state index < -0.39 is 11.8 Å². The highest BCUT2D eigenvalue weighted by atomic mass is 79.9. The zero-order chi connectivity index (χ0) is 19.5. The number of halogens is 1. The van der Waals surface area contributed by atoms with Gasteiger partial charge in [0.05, 0.1) is 11.4 Å². The number of aromatic hydroxyl groups is 1. The monoisotopic (exact) mass is 433 g/mol. The molecular formula is C22H16BrN3O2. The van der Waals surface area contributed by atoms with E-state index in [1.54, 1.807) is 0 Å². The van der Waals surface area contributed by atoms with Gasteiger partial charge >= 0.3 is 0 Å². The Kier molecular flexibility index (Phi) is 5.04. The number of carbonyl (C=O) groups excluding carboxylic acids is 1. The molecule has 0 radical (unpaired) electrons. The predicted octanol–water partition coefficient (Wildman–Crippen LogP) is 6.08. The lowest BCUT2D eigenvalue weighted by molar-refractivity contribution is -0.118. The van der Waals surface area contributed by atoms with E-state index in [1.807, 2.05) is 78.9 Å². The van der Waals surface area contributed by atoms with Crippen LogP contribution in [-0.2, 0) is 4.79 Å². The minimum atomic E-state index is -0.565. The van der Waals surface area contributed by atoms with Crippen LogP contribution in [-0.4, -0.2) is 16.0 Å². The molecule has 1 amide bonds. The number of hydrogen-bond donors (Lipinski definition) is 2. The maximum atomic E-state index is 13.0. The van der Waals surface area contributed by atoms with Gasteiger partial charge in [-0.1, -0.05) is 76.6 Å². The first-order valence-electron chi connectivity index (χ1n) is 8.69. The lowest BCUT2D eigenvalue weighted by atomic mass is 9.91. The summed E-state index contributed by atoms with van der Waals surface area (Å²) in [5.41, 5.74) is 2.63. The number of H-pyrrole nitrogens is 1. The molecule has 3 aromatic carbocycles. The van der Waals surface area contributed by atoms with Gasteiger partial charge in [0.25, 0.3) is 5.91 Å². The van der Waals surface area contributed by atoms with E-state index >= 15 is 0 Å². The Balaban J connectivity index is 1.73. The van der Waals surface area contributed by atoms with Crippen molar-refractivity contribution in [3.63, 3.8) is 0 Å². The summed E-state index contributed by atoms with van der Waals surface area (Å²) in [5.74, 6) is -1.09. The van der Waals surface area contributed by atoms with Crippen LogP contribution in [0.2, 0.25) is 0 Å². The van der Waals surface area contributed by atoms with Gasteiger partial charge in [-0.05, 0) is 29.3 Å². The van der Waals surface area contributed by atoms with Crippen LogP contribution in [0.25, 0.3) is 10.9 Å². The van der Waals surface area contributed by atoms with Gasteiger partial charge in [-0.15, -0.1) is 10.2 Å². The zero-order valence-corrected chi connectivity index (χ0v) is 16.3. The third kappa shape index (κ3) is 3.59. The number of aromatic nitrogens is 1. The lowest BCUT2D eigenvalue weighted by Gasteiger charge is -2.13. The van der Waals surface area contributed by atoms with Crippen LogP contribution in [0, 0.1) is 0 Å². The van der Waals surface area contributed by atoms with Crippen LogP contribution in [0.5, 0.6) is 5.88 Å². The molecule has 0 unspecified atom stereocenters. The molecule has 0 aliphatic rings. The largest absolute Gasteiger partial charge is 0.493 e. The quantitative estimate of drug-likeness (QED) is 0.382. The fraction of sp³-hybridized carbons (Fsp3) is 0.0455. The highest BCUT2D eigenvalue weighted by Gasteiger charge is 2.23. The summed E-state index contributed by atoms with van der Waals surface area (Å²) in [6.45, 7) is 0. The van der Waals surface area contributed by atoms with Crippen LogP contribution in [0.1, 0.15) is 17.0 Å². The van der Waals surface area contributed by atoms with Crippen molar-refractivity contribution in [1.29, 1.82) is 0 Å². The molecule has 4 aromatic rings. The van der Waals surface area contributed by atoms with Gasteiger partial charge in [0.2, 0.25) is 5.88 Å². The van der Waals surface area contributed by atoms with Crippen LogP contribution >= 0.6 is 15.9 Å². The van der Waals surface area contributed by atoms with Gasteiger partial charge in [-0.3, -0.25) is 4.79 Å². The van der Waals surface area contributed by atoms with Gasteiger partial charge in [0.1, 0.15) is 0 Å². The Hall–Kier alpha value is -3.25. The summed E-state index contributed by atoms with van der Waals surface area (Å²) in [7, 11) is 0. The van der Waals surface area contributed by atoms with E-state index in [4.69, 9.17) is 0 Å². The molecule has 5 nitrogen and oxygen atoms in total. The smallest absolute Gasteiger partial charge is 0.276 e. The number of nitrogens with zero attached hydrogens (tertiary/aromatic N) is 2. The molecule has 0 bridgehead atoms. The maximum absolute atomic E-state index is 13.0. The molecule has 0 fully saturated rings. The number of rotatable bonds is 4. The van der Waals surface area contributed by atoms with Crippen LogP contribution in [0.15, 0.2) is 93.6 Å². The van der Waals surface area contributed by atoms with Crippen molar-refractivity contribution in [2.75, 3.05) is 0 Å². The van der Waals surface area contributed by atoms with Gasteiger partial charge in [-0.25, -0.2) is 0 Å². The number of carbonyl (C=O) groups is 1. The Bertz CT molecular complexity index is 1120. The minimum absolute atomic E-state index is 0.124. The van der Waals surface area contributed by atoms with E-state index in [-0.39, 0.29) is 11.6 Å². The number of nitrogens with one attached hydrogen (secondary N) is 1. The first-order valence-corrected chi connectivity index (χ1v) is 9.48. The normalized spacial score (nSPS) is 11.5. The molecule has 1 heterocycles. The highest BCUT2D eigenvalue weighted by molar-refractivity contribution is 9.10. The number of benzene rings is 3. The van der Waals surface area contributed by atoms with Gasteiger partial charge < -0.3 is 10.1 Å². The standard InChI is InChI=1S/C22H16BrN3O2/c23-16-11-12-18-17(13-16)20(22(28)24-18)25-26-21(27)19(14-7-3-1-4-8-14)15-9-5-2-6-10-15/h1-13,19,24,28H. The average Bonchev–Trinajstić information content (AvgIpc) is 3.02. The van der Waals surface area contributed by atoms with Crippen LogP contribution in [0.4, 0.5) is 5.69 Å². The number of amides is 1. The van der Waals surface area contributed by atoms with Crippen LogP contribution in [0.3, 0.4) is 0 Å². The van der Waals surface area contributed by atoms with E-state index in [2.05, 4.69) is 31.1 Å². The molecule has 0 saturated carbocycles. The molecule has 0 aliphatic carbocycles. The van der Waals surface area contributed by atoms with E-state index in [1.165, 1.54) is 0 Å². The van der Waals surface area contributed by atoms with E-state index in [0.717, 1.165) is 15.6 Å². The third-order valence-corrected chi connectivity index (χ3v) is 4.97. The Morgan fingerprint density at radius 2 is 1.54 bits per heavy atom. The molecule has 2 N–H and O–H groups in total. The molecule has 0 atom stereocenters. The SMILES string of the molecule is O=C(N=Nc1c(O)[nH]c2ccc(Br)cc12)C(c1ccccc1)c1ccccc1. The molecular weight excluding hydrogens is 418 g/mol.